The second kappa shape index (κ2) is 3.20. The molecule has 0 aromatic carbocycles. The van der Waals surface area contributed by atoms with Crippen molar-refractivity contribution in [3.63, 3.8) is 0 Å². The number of hydrogen-bond acceptors (Lipinski definition) is 2. The van der Waals surface area contributed by atoms with Gasteiger partial charge in [0, 0.05) is 13.2 Å². The van der Waals surface area contributed by atoms with E-state index in [9.17, 15) is 4.79 Å². The van der Waals surface area contributed by atoms with Gasteiger partial charge in [-0.05, 0) is 11.0 Å². The maximum absolute atomic E-state index is 11.1. The molecule has 1 N–H and O–H groups in total. The van der Waals surface area contributed by atoms with E-state index in [1.54, 1.807) is 19.4 Å². The normalized spacial score (nSPS) is 11.4. The number of hydrogen-bond donors (Lipinski definition) is 1. The van der Waals surface area contributed by atoms with Crippen LogP contribution in [0.5, 0.6) is 0 Å². The van der Waals surface area contributed by atoms with Gasteiger partial charge >= 0.3 is 6.03 Å². The molecule has 0 spiro atoms. The van der Waals surface area contributed by atoms with Gasteiger partial charge in [0.15, 0.2) is 0 Å². The lowest BCUT2D eigenvalue weighted by Gasteiger charge is -2.14. The van der Waals surface area contributed by atoms with Crippen LogP contribution in [0.1, 0.15) is 26.3 Å². The summed E-state index contributed by atoms with van der Waals surface area (Å²) in [4.78, 5) is 11.1. The average molecular weight is 181 g/mol. The molecule has 0 unspecified atom stereocenters. The molecule has 0 fully saturated rings. The molecule has 1 aromatic rings. The molecular formula is C9H15N3O. The molecule has 0 saturated heterocycles. The Hall–Kier alpha value is -1.32. The van der Waals surface area contributed by atoms with Crippen LogP contribution in [-0.4, -0.2) is 22.9 Å². The van der Waals surface area contributed by atoms with Crippen molar-refractivity contribution in [1.82, 2.24) is 15.1 Å². The van der Waals surface area contributed by atoms with Crippen molar-refractivity contribution < 1.29 is 4.79 Å². The minimum absolute atomic E-state index is 0.0340. The number of carbonyl (C=O) groups excluding carboxylic acids is 1. The Morgan fingerprint density at radius 3 is 2.54 bits per heavy atom. The molecule has 1 aromatic heterocycles. The Morgan fingerprint density at radius 2 is 2.15 bits per heavy atom. The molecule has 1 amide bonds. The largest absolute Gasteiger partial charge is 0.341 e. The lowest BCUT2D eigenvalue weighted by molar-refractivity contribution is 0.241. The van der Waals surface area contributed by atoms with Crippen LogP contribution in [0.3, 0.4) is 0 Å². The van der Waals surface area contributed by atoms with Crippen LogP contribution in [-0.2, 0) is 5.41 Å². The second-order valence-electron chi connectivity index (χ2n) is 3.98. The molecular weight excluding hydrogens is 166 g/mol. The zero-order chi connectivity index (χ0) is 10.1. The van der Waals surface area contributed by atoms with Crippen LogP contribution in [0.2, 0.25) is 0 Å². The topological polar surface area (TPSA) is 46.9 Å². The minimum Gasteiger partial charge on any atom is -0.339 e. The number of rotatable bonds is 0. The average Bonchev–Trinajstić information content (AvgIpc) is 2.50. The SMILES string of the molecule is CNC(=O)n1cc(C(C)(C)C)cn1. The lowest BCUT2D eigenvalue weighted by Crippen LogP contribution is -2.24. The predicted molar refractivity (Wildman–Crippen MR) is 50.8 cm³/mol. The molecule has 0 atom stereocenters. The highest BCUT2D eigenvalue weighted by Crippen LogP contribution is 2.20. The molecule has 1 heterocycles. The Morgan fingerprint density at radius 1 is 1.54 bits per heavy atom. The molecule has 0 saturated carbocycles. The van der Waals surface area contributed by atoms with Crippen LogP contribution in [0, 0.1) is 0 Å². The number of nitrogens with one attached hydrogen (secondary N) is 1. The summed E-state index contributed by atoms with van der Waals surface area (Å²) in [6.07, 6.45) is 3.47. The summed E-state index contributed by atoms with van der Waals surface area (Å²) in [7, 11) is 1.58. The lowest BCUT2D eigenvalue weighted by atomic mass is 9.90. The highest BCUT2D eigenvalue weighted by Gasteiger charge is 2.16. The van der Waals surface area contributed by atoms with Gasteiger partial charge in [-0.15, -0.1) is 0 Å². The molecule has 0 aliphatic heterocycles. The highest BCUT2D eigenvalue weighted by atomic mass is 16.2. The Bertz CT molecular complexity index is 309. The smallest absolute Gasteiger partial charge is 0.339 e. The third kappa shape index (κ3) is 2.08. The van der Waals surface area contributed by atoms with Gasteiger partial charge in [0.25, 0.3) is 0 Å². The van der Waals surface area contributed by atoms with E-state index in [0.29, 0.717) is 0 Å². The summed E-state index contributed by atoms with van der Waals surface area (Å²) in [6, 6.07) is -0.212. The fourth-order valence-electron chi connectivity index (χ4n) is 0.936. The summed E-state index contributed by atoms with van der Waals surface area (Å²) in [5, 5.41) is 6.47. The molecule has 0 aliphatic rings. The molecule has 0 bridgehead atoms. The quantitative estimate of drug-likeness (QED) is 0.657. The zero-order valence-electron chi connectivity index (χ0n) is 8.46. The third-order valence-corrected chi connectivity index (χ3v) is 1.87. The van der Waals surface area contributed by atoms with Gasteiger partial charge in [0.05, 0.1) is 6.20 Å². The van der Waals surface area contributed by atoms with Crippen LogP contribution < -0.4 is 5.32 Å². The first-order chi connectivity index (χ1) is 5.95. The van der Waals surface area contributed by atoms with Crippen molar-refractivity contribution in [2.45, 2.75) is 26.2 Å². The highest BCUT2D eigenvalue weighted by molar-refractivity contribution is 5.75. The van der Waals surface area contributed by atoms with E-state index in [1.807, 2.05) is 0 Å². The number of nitrogens with zero attached hydrogens (tertiary/aromatic N) is 2. The van der Waals surface area contributed by atoms with Gasteiger partial charge in [-0.3, -0.25) is 0 Å². The van der Waals surface area contributed by atoms with Crippen molar-refractivity contribution >= 4 is 6.03 Å². The van der Waals surface area contributed by atoms with E-state index in [4.69, 9.17) is 0 Å². The number of amides is 1. The predicted octanol–water partition coefficient (Wildman–Crippen LogP) is 1.37. The molecule has 0 aliphatic carbocycles. The van der Waals surface area contributed by atoms with Crippen molar-refractivity contribution in [3.05, 3.63) is 18.0 Å². The van der Waals surface area contributed by atoms with Gasteiger partial charge in [-0.1, -0.05) is 20.8 Å². The second-order valence-corrected chi connectivity index (χ2v) is 3.98. The first-order valence-corrected chi connectivity index (χ1v) is 4.22. The number of aromatic nitrogens is 2. The van der Waals surface area contributed by atoms with Gasteiger partial charge in [-0.25, -0.2) is 4.79 Å². The van der Waals surface area contributed by atoms with E-state index >= 15 is 0 Å². The molecule has 13 heavy (non-hydrogen) atoms. The van der Waals surface area contributed by atoms with Crippen molar-refractivity contribution in [2.24, 2.45) is 0 Å². The van der Waals surface area contributed by atoms with Gasteiger partial charge in [0.2, 0.25) is 0 Å². The van der Waals surface area contributed by atoms with E-state index in [-0.39, 0.29) is 11.4 Å². The molecule has 4 nitrogen and oxygen atoms in total. The summed E-state index contributed by atoms with van der Waals surface area (Å²) < 4.78 is 1.31. The Kier molecular flexibility index (Phi) is 2.40. The Labute approximate surface area is 77.9 Å². The molecule has 0 radical (unpaired) electrons. The van der Waals surface area contributed by atoms with E-state index in [0.717, 1.165) is 5.56 Å². The molecule has 1 rings (SSSR count). The van der Waals surface area contributed by atoms with Crippen molar-refractivity contribution in [1.29, 1.82) is 0 Å². The maximum Gasteiger partial charge on any atom is 0.341 e. The van der Waals surface area contributed by atoms with Crippen molar-refractivity contribution in [2.75, 3.05) is 7.05 Å². The minimum atomic E-state index is -0.212. The molecule has 4 heteroatoms. The summed E-state index contributed by atoms with van der Waals surface area (Å²) in [6.45, 7) is 6.24. The third-order valence-electron chi connectivity index (χ3n) is 1.87. The van der Waals surface area contributed by atoms with Gasteiger partial charge < -0.3 is 5.32 Å². The van der Waals surface area contributed by atoms with Crippen LogP contribution >= 0.6 is 0 Å². The zero-order valence-corrected chi connectivity index (χ0v) is 8.46. The standard InChI is InChI=1S/C9H15N3O/c1-9(2,3)7-5-11-12(6-7)8(13)10-4/h5-6H,1-4H3,(H,10,13). The van der Waals surface area contributed by atoms with Gasteiger partial charge in [-0.2, -0.15) is 9.78 Å². The van der Waals surface area contributed by atoms with Crippen molar-refractivity contribution in [3.8, 4) is 0 Å². The van der Waals surface area contributed by atoms with Crippen LogP contribution in [0.25, 0.3) is 0 Å². The summed E-state index contributed by atoms with van der Waals surface area (Å²) in [5.74, 6) is 0. The fraction of sp³-hybridized carbons (Fsp3) is 0.556. The first kappa shape index (κ1) is 9.77. The molecule has 72 valence electrons. The summed E-state index contributed by atoms with van der Waals surface area (Å²) in [5.41, 5.74) is 1.09. The van der Waals surface area contributed by atoms with E-state index in [2.05, 4.69) is 31.2 Å². The van der Waals surface area contributed by atoms with E-state index < -0.39 is 0 Å². The van der Waals surface area contributed by atoms with Gasteiger partial charge in [0.1, 0.15) is 0 Å². The summed E-state index contributed by atoms with van der Waals surface area (Å²) >= 11 is 0. The Balaban J connectivity index is 2.93. The van der Waals surface area contributed by atoms with Crippen LogP contribution in [0.15, 0.2) is 12.4 Å². The van der Waals surface area contributed by atoms with Crippen LogP contribution in [0.4, 0.5) is 4.79 Å². The monoisotopic (exact) mass is 181 g/mol. The first-order valence-electron chi connectivity index (χ1n) is 4.22. The van der Waals surface area contributed by atoms with E-state index in [1.165, 1.54) is 4.68 Å². The fourth-order valence-corrected chi connectivity index (χ4v) is 0.936. The number of carbonyl (C=O) groups is 1. The maximum atomic E-state index is 11.1.